The zero-order chi connectivity index (χ0) is 23.3. The van der Waals surface area contributed by atoms with E-state index in [9.17, 15) is 18.0 Å². The highest BCUT2D eigenvalue weighted by Gasteiger charge is 2.41. The summed E-state index contributed by atoms with van der Waals surface area (Å²) in [5.41, 5.74) is -1.19. The summed E-state index contributed by atoms with van der Waals surface area (Å²) in [6, 6.07) is 6.23. The maximum Gasteiger partial charge on any atom is 0.437 e. The van der Waals surface area contributed by atoms with Crippen molar-refractivity contribution in [2.24, 2.45) is 0 Å². The number of amides is 1. The number of halogens is 3. The number of nitrogens with one attached hydrogen (secondary N) is 1. The molecule has 170 valence electrons. The maximum atomic E-state index is 13.5. The second kappa shape index (κ2) is 9.64. The fraction of sp³-hybridized carbons (Fsp3) is 0.300. The Hall–Kier alpha value is -3.67. The van der Waals surface area contributed by atoms with Crippen LogP contribution in [0.1, 0.15) is 16.2 Å². The number of aromatic nitrogens is 3. The van der Waals surface area contributed by atoms with Gasteiger partial charge in [-0.15, -0.1) is 0 Å². The number of benzene rings is 1. The molecule has 1 amide bonds. The van der Waals surface area contributed by atoms with Crippen molar-refractivity contribution in [3.8, 4) is 17.2 Å². The number of oxazole rings is 1. The smallest absolute Gasteiger partial charge is 0.437 e. The molecule has 12 heteroatoms. The lowest BCUT2D eigenvalue weighted by Gasteiger charge is -2.16. The second-order valence-electron chi connectivity index (χ2n) is 6.54. The maximum absolute atomic E-state index is 13.5. The van der Waals surface area contributed by atoms with Gasteiger partial charge in [0.2, 0.25) is 17.6 Å². The average molecular weight is 451 g/mol. The lowest BCUT2D eigenvalue weighted by molar-refractivity contribution is -0.141. The van der Waals surface area contributed by atoms with Crippen LogP contribution in [0, 0.1) is 0 Å². The lowest BCUT2D eigenvalue weighted by Crippen LogP contribution is -2.24. The number of ether oxygens (including phenoxy) is 2. The Bertz CT molecular complexity index is 1070. The van der Waals surface area contributed by atoms with Gasteiger partial charge in [-0.1, -0.05) is 12.1 Å². The Morgan fingerprint density at radius 3 is 2.50 bits per heavy atom. The van der Waals surface area contributed by atoms with Crippen LogP contribution in [0.25, 0.3) is 11.5 Å². The van der Waals surface area contributed by atoms with Crippen LogP contribution in [0.2, 0.25) is 0 Å². The van der Waals surface area contributed by atoms with Crippen molar-refractivity contribution >= 4 is 17.5 Å². The van der Waals surface area contributed by atoms with Crippen molar-refractivity contribution in [2.75, 3.05) is 44.6 Å². The topological polar surface area (TPSA) is 103 Å². The Kier molecular flexibility index (Phi) is 6.93. The van der Waals surface area contributed by atoms with Gasteiger partial charge in [-0.2, -0.15) is 13.2 Å². The first-order chi connectivity index (χ1) is 15.2. The summed E-state index contributed by atoms with van der Waals surface area (Å²) in [5, 5.41) is 2.30. The summed E-state index contributed by atoms with van der Waals surface area (Å²) in [4.78, 5) is 26.0. The van der Waals surface area contributed by atoms with Gasteiger partial charge in [0.25, 0.3) is 5.91 Å². The fourth-order valence-electron chi connectivity index (χ4n) is 2.70. The molecule has 0 aliphatic rings. The van der Waals surface area contributed by atoms with E-state index >= 15 is 0 Å². The van der Waals surface area contributed by atoms with Gasteiger partial charge < -0.3 is 24.1 Å². The molecule has 0 saturated heterocycles. The van der Waals surface area contributed by atoms with Gasteiger partial charge >= 0.3 is 6.18 Å². The van der Waals surface area contributed by atoms with Gasteiger partial charge in [0.15, 0.2) is 5.69 Å². The van der Waals surface area contributed by atoms with Gasteiger partial charge in [0.1, 0.15) is 5.75 Å². The van der Waals surface area contributed by atoms with E-state index in [-0.39, 0.29) is 17.0 Å². The Morgan fingerprint density at radius 2 is 1.88 bits per heavy atom. The van der Waals surface area contributed by atoms with Crippen molar-refractivity contribution < 1.29 is 31.9 Å². The summed E-state index contributed by atoms with van der Waals surface area (Å²) in [6.45, 7) is 0.986. The zero-order valence-corrected chi connectivity index (χ0v) is 17.4. The van der Waals surface area contributed by atoms with E-state index in [1.807, 2.05) is 0 Å². The van der Waals surface area contributed by atoms with Crippen molar-refractivity contribution in [1.82, 2.24) is 15.0 Å². The summed E-state index contributed by atoms with van der Waals surface area (Å²) in [5.74, 6) is -1.92. The molecule has 0 saturated carbocycles. The molecule has 1 N–H and O–H groups in total. The number of anilines is 2. The molecule has 1 aromatic carbocycles. The SMILES string of the molecule is COCCN(C)c1ncc(NC(=O)c2oc(-c3ccccc3OC)nc2C(F)(F)F)cn1. The Balaban J connectivity index is 1.87. The number of likely N-dealkylation sites (N-methyl/N-ethyl adjacent to an activating group) is 1. The molecular weight excluding hydrogens is 431 g/mol. The van der Waals surface area contributed by atoms with E-state index in [1.165, 1.54) is 31.6 Å². The molecule has 0 bridgehead atoms. The van der Waals surface area contributed by atoms with Gasteiger partial charge in [0, 0.05) is 20.7 Å². The van der Waals surface area contributed by atoms with Crippen LogP contribution in [0.15, 0.2) is 41.1 Å². The quantitative estimate of drug-likeness (QED) is 0.555. The minimum absolute atomic E-state index is 0.0854. The molecule has 2 heterocycles. The highest BCUT2D eigenvalue weighted by Crippen LogP contribution is 2.37. The van der Waals surface area contributed by atoms with Gasteiger partial charge in [0.05, 0.1) is 37.4 Å². The first kappa shape index (κ1) is 23.0. The molecule has 0 aliphatic carbocycles. The second-order valence-corrected chi connectivity index (χ2v) is 6.54. The standard InChI is InChI=1S/C20H20F3N5O4/c1-28(8-9-30-2)19-24-10-12(11-25-19)26-17(29)15-16(20(21,22)23)27-18(32-15)13-6-4-5-7-14(13)31-3/h4-7,10-11H,8-9H2,1-3H3,(H,26,29). The Morgan fingerprint density at radius 1 is 1.19 bits per heavy atom. The third kappa shape index (κ3) is 5.14. The average Bonchev–Trinajstić information content (AvgIpc) is 3.24. The highest BCUT2D eigenvalue weighted by molar-refractivity contribution is 6.03. The molecule has 0 radical (unpaired) electrons. The number of nitrogens with zero attached hydrogens (tertiary/aromatic N) is 4. The molecule has 0 unspecified atom stereocenters. The van der Waals surface area contributed by atoms with Crippen LogP contribution in [0.5, 0.6) is 5.75 Å². The molecule has 0 fully saturated rings. The summed E-state index contributed by atoms with van der Waals surface area (Å²) >= 11 is 0. The number of para-hydroxylation sites is 1. The van der Waals surface area contributed by atoms with E-state index in [2.05, 4.69) is 20.3 Å². The summed E-state index contributed by atoms with van der Waals surface area (Å²) in [7, 11) is 4.66. The van der Waals surface area contributed by atoms with E-state index in [4.69, 9.17) is 13.9 Å². The largest absolute Gasteiger partial charge is 0.496 e. The Labute approximate surface area is 181 Å². The minimum Gasteiger partial charge on any atom is -0.496 e. The molecule has 9 nitrogen and oxygen atoms in total. The van der Waals surface area contributed by atoms with Crippen LogP contribution in [-0.4, -0.2) is 55.3 Å². The first-order valence-corrected chi connectivity index (χ1v) is 9.29. The molecular formula is C20H20F3N5O4. The van der Waals surface area contributed by atoms with E-state index in [0.717, 1.165) is 0 Å². The van der Waals surface area contributed by atoms with Crippen LogP contribution in [0.4, 0.5) is 24.8 Å². The fourth-order valence-corrected chi connectivity index (χ4v) is 2.70. The van der Waals surface area contributed by atoms with Crippen molar-refractivity contribution in [2.45, 2.75) is 6.18 Å². The number of rotatable bonds is 8. The summed E-state index contributed by atoms with van der Waals surface area (Å²) in [6.07, 6.45) is -2.37. The molecule has 3 rings (SSSR count). The van der Waals surface area contributed by atoms with Crippen LogP contribution >= 0.6 is 0 Å². The van der Waals surface area contributed by atoms with E-state index in [0.29, 0.717) is 19.1 Å². The van der Waals surface area contributed by atoms with Gasteiger partial charge in [-0.25, -0.2) is 15.0 Å². The van der Waals surface area contributed by atoms with E-state index in [1.54, 1.807) is 31.2 Å². The highest BCUT2D eigenvalue weighted by atomic mass is 19.4. The van der Waals surface area contributed by atoms with Crippen molar-refractivity contribution in [1.29, 1.82) is 0 Å². The predicted octanol–water partition coefficient (Wildman–Crippen LogP) is 3.49. The molecule has 3 aromatic rings. The number of methoxy groups -OCH3 is 2. The molecule has 0 atom stereocenters. The molecule has 0 spiro atoms. The lowest BCUT2D eigenvalue weighted by atomic mass is 10.2. The number of carbonyl (C=O) groups excluding carboxylic acids is 1. The number of alkyl halides is 3. The predicted molar refractivity (Wildman–Crippen MR) is 109 cm³/mol. The number of hydrogen-bond acceptors (Lipinski definition) is 8. The third-order valence-corrected chi connectivity index (χ3v) is 4.31. The van der Waals surface area contributed by atoms with Crippen LogP contribution in [0.3, 0.4) is 0 Å². The molecule has 0 aliphatic heterocycles. The van der Waals surface area contributed by atoms with Gasteiger partial charge in [-0.05, 0) is 12.1 Å². The van der Waals surface area contributed by atoms with Crippen LogP contribution in [-0.2, 0) is 10.9 Å². The van der Waals surface area contributed by atoms with Crippen molar-refractivity contribution in [3.63, 3.8) is 0 Å². The van der Waals surface area contributed by atoms with Crippen LogP contribution < -0.4 is 15.0 Å². The molecule has 2 aromatic heterocycles. The monoisotopic (exact) mass is 451 g/mol. The van der Waals surface area contributed by atoms with Crippen molar-refractivity contribution in [3.05, 3.63) is 48.1 Å². The third-order valence-electron chi connectivity index (χ3n) is 4.31. The summed E-state index contributed by atoms with van der Waals surface area (Å²) < 4.78 is 55.9. The minimum atomic E-state index is -4.92. The normalized spacial score (nSPS) is 11.3. The van der Waals surface area contributed by atoms with Gasteiger partial charge in [-0.3, -0.25) is 4.79 Å². The number of carbonyl (C=O) groups is 1. The molecule has 32 heavy (non-hydrogen) atoms. The zero-order valence-electron chi connectivity index (χ0n) is 17.4. The first-order valence-electron chi connectivity index (χ1n) is 9.29. The number of hydrogen-bond donors (Lipinski definition) is 1. The van der Waals surface area contributed by atoms with E-state index < -0.39 is 29.4 Å².